The molecule has 7 nitrogen and oxygen atoms in total. The van der Waals surface area contributed by atoms with Crippen LogP contribution in [0.1, 0.15) is 25.0 Å². The van der Waals surface area contributed by atoms with Crippen molar-refractivity contribution in [2.24, 2.45) is 0 Å². The Bertz CT molecular complexity index is 775. The number of benzene rings is 2. The molecule has 1 aliphatic rings. The van der Waals surface area contributed by atoms with E-state index in [1.165, 1.54) is 0 Å². The third-order valence-electron chi connectivity index (χ3n) is 4.75. The smallest absolute Gasteiger partial charge is 0.229 e. The van der Waals surface area contributed by atoms with Crippen molar-refractivity contribution in [1.29, 1.82) is 0 Å². The van der Waals surface area contributed by atoms with Crippen molar-refractivity contribution in [2.45, 2.75) is 57.1 Å². The highest BCUT2D eigenvalue weighted by Crippen LogP contribution is 2.28. The van der Waals surface area contributed by atoms with Gasteiger partial charge in [0.2, 0.25) is 6.29 Å². The van der Waals surface area contributed by atoms with Gasteiger partial charge in [-0.05, 0) is 43.2 Å². The Morgan fingerprint density at radius 1 is 0.931 bits per heavy atom. The first-order valence-corrected chi connectivity index (χ1v) is 9.69. The Morgan fingerprint density at radius 3 is 2.28 bits per heavy atom. The SMILES string of the molecule is CC(C)Oc1ccc(Cc2ccccc2O[C@@H]2O[C@H](CO)[C@@H](O)[C@H](O)[C@H]2O)cc1. The molecule has 1 saturated heterocycles. The van der Waals surface area contributed by atoms with Gasteiger partial charge < -0.3 is 34.6 Å². The van der Waals surface area contributed by atoms with Gasteiger partial charge in [-0.25, -0.2) is 0 Å². The zero-order valence-corrected chi connectivity index (χ0v) is 16.5. The highest BCUT2D eigenvalue weighted by Gasteiger charge is 2.44. The number of hydrogen-bond donors (Lipinski definition) is 4. The molecule has 2 aromatic rings. The number of rotatable bonds is 7. The lowest BCUT2D eigenvalue weighted by Gasteiger charge is -2.39. The molecule has 4 N–H and O–H groups in total. The van der Waals surface area contributed by atoms with Crippen molar-refractivity contribution in [1.82, 2.24) is 0 Å². The molecule has 7 heteroatoms. The zero-order valence-electron chi connectivity index (χ0n) is 16.5. The molecule has 1 fully saturated rings. The summed E-state index contributed by atoms with van der Waals surface area (Å²) in [5.41, 5.74) is 1.91. The lowest BCUT2D eigenvalue weighted by molar-refractivity contribution is -0.277. The Kier molecular flexibility index (Phi) is 7.10. The van der Waals surface area contributed by atoms with E-state index in [2.05, 4.69) is 0 Å². The van der Waals surface area contributed by atoms with Crippen LogP contribution in [0.5, 0.6) is 11.5 Å². The van der Waals surface area contributed by atoms with Gasteiger partial charge in [-0.15, -0.1) is 0 Å². The minimum absolute atomic E-state index is 0.105. The lowest BCUT2D eigenvalue weighted by atomic mass is 9.99. The van der Waals surface area contributed by atoms with E-state index in [0.29, 0.717) is 12.2 Å². The summed E-state index contributed by atoms with van der Waals surface area (Å²) in [5, 5.41) is 39.4. The molecule has 0 aromatic heterocycles. The molecule has 0 saturated carbocycles. The Morgan fingerprint density at radius 2 is 1.62 bits per heavy atom. The number of hydrogen-bond acceptors (Lipinski definition) is 7. The molecule has 1 aliphatic heterocycles. The second-order valence-corrected chi connectivity index (χ2v) is 7.41. The van der Waals surface area contributed by atoms with Crippen molar-refractivity contribution in [3.05, 3.63) is 59.7 Å². The average molecular weight is 404 g/mol. The summed E-state index contributed by atoms with van der Waals surface area (Å²) >= 11 is 0. The molecule has 0 spiro atoms. The van der Waals surface area contributed by atoms with E-state index in [1.807, 2.05) is 50.2 Å². The first-order chi connectivity index (χ1) is 13.9. The number of ether oxygens (including phenoxy) is 3. The fourth-order valence-electron chi connectivity index (χ4n) is 3.23. The fraction of sp³-hybridized carbons (Fsp3) is 0.455. The van der Waals surface area contributed by atoms with Crippen LogP contribution in [0.4, 0.5) is 0 Å². The van der Waals surface area contributed by atoms with E-state index in [4.69, 9.17) is 14.2 Å². The van der Waals surface area contributed by atoms with E-state index in [9.17, 15) is 20.4 Å². The van der Waals surface area contributed by atoms with Gasteiger partial charge in [0.05, 0.1) is 12.7 Å². The van der Waals surface area contributed by atoms with Crippen LogP contribution in [0.2, 0.25) is 0 Å². The zero-order chi connectivity index (χ0) is 21.0. The van der Waals surface area contributed by atoms with E-state index < -0.39 is 37.3 Å². The average Bonchev–Trinajstić information content (AvgIpc) is 2.71. The molecule has 0 aliphatic carbocycles. The van der Waals surface area contributed by atoms with E-state index in [0.717, 1.165) is 16.9 Å². The molecule has 2 aromatic carbocycles. The Balaban J connectivity index is 1.73. The standard InChI is InChI=1S/C22H28O7/c1-13(2)27-16-9-7-14(8-10-16)11-15-5-3-4-6-17(15)28-22-21(26)20(25)19(24)18(12-23)29-22/h3-10,13,18-26H,11-12H2,1-2H3/t18-,19-,20+,21-,22-/m1/s1. The molecular weight excluding hydrogens is 376 g/mol. The third kappa shape index (κ3) is 5.26. The highest BCUT2D eigenvalue weighted by atomic mass is 16.7. The minimum atomic E-state index is -1.48. The van der Waals surface area contributed by atoms with Crippen molar-refractivity contribution >= 4 is 0 Å². The lowest BCUT2D eigenvalue weighted by Crippen LogP contribution is -2.60. The van der Waals surface area contributed by atoms with Gasteiger partial charge >= 0.3 is 0 Å². The summed E-state index contributed by atoms with van der Waals surface area (Å²) in [6.07, 6.45) is -5.90. The summed E-state index contributed by atoms with van der Waals surface area (Å²) in [5.74, 6) is 1.29. The molecule has 1 heterocycles. The second kappa shape index (κ2) is 9.56. The van der Waals surface area contributed by atoms with Crippen molar-refractivity contribution in [3.63, 3.8) is 0 Å². The summed E-state index contributed by atoms with van der Waals surface area (Å²) in [6, 6.07) is 15.1. The summed E-state index contributed by atoms with van der Waals surface area (Å²) in [7, 11) is 0. The van der Waals surface area contributed by atoms with Crippen molar-refractivity contribution < 1.29 is 34.6 Å². The first-order valence-electron chi connectivity index (χ1n) is 9.69. The maximum Gasteiger partial charge on any atom is 0.229 e. The van der Waals surface area contributed by atoms with Crippen LogP contribution in [-0.4, -0.2) is 63.8 Å². The molecular formula is C22H28O7. The van der Waals surface area contributed by atoms with Crippen LogP contribution in [-0.2, 0) is 11.2 Å². The van der Waals surface area contributed by atoms with Gasteiger partial charge in [0.1, 0.15) is 35.9 Å². The van der Waals surface area contributed by atoms with Crippen LogP contribution in [0.15, 0.2) is 48.5 Å². The Hall–Kier alpha value is -2.16. The van der Waals surface area contributed by atoms with Crippen LogP contribution in [0, 0.1) is 0 Å². The summed E-state index contributed by atoms with van der Waals surface area (Å²) in [6.45, 7) is 3.44. The Labute approximate surface area is 170 Å². The molecule has 29 heavy (non-hydrogen) atoms. The van der Waals surface area contributed by atoms with Crippen LogP contribution < -0.4 is 9.47 Å². The van der Waals surface area contributed by atoms with E-state index in [1.54, 1.807) is 12.1 Å². The summed E-state index contributed by atoms with van der Waals surface area (Å²) < 4.78 is 16.9. The molecule has 158 valence electrons. The van der Waals surface area contributed by atoms with Crippen molar-refractivity contribution in [3.8, 4) is 11.5 Å². The molecule has 0 unspecified atom stereocenters. The van der Waals surface area contributed by atoms with Gasteiger partial charge in [-0.2, -0.15) is 0 Å². The van der Waals surface area contributed by atoms with Gasteiger partial charge in [-0.1, -0.05) is 30.3 Å². The largest absolute Gasteiger partial charge is 0.491 e. The quantitative estimate of drug-likeness (QED) is 0.550. The number of aliphatic hydroxyl groups excluding tert-OH is 4. The molecule has 0 radical (unpaired) electrons. The predicted octanol–water partition coefficient (Wildman–Crippen LogP) is 1.24. The maximum atomic E-state index is 10.2. The number of para-hydroxylation sites is 1. The highest BCUT2D eigenvalue weighted by molar-refractivity contribution is 5.39. The minimum Gasteiger partial charge on any atom is -0.491 e. The fourth-order valence-corrected chi connectivity index (χ4v) is 3.23. The molecule has 0 amide bonds. The monoisotopic (exact) mass is 404 g/mol. The predicted molar refractivity (Wildman–Crippen MR) is 106 cm³/mol. The third-order valence-corrected chi connectivity index (χ3v) is 4.75. The molecule has 0 bridgehead atoms. The number of aliphatic hydroxyl groups is 4. The topological polar surface area (TPSA) is 109 Å². The second-order valence-electron chi connectivity index (χ2n) is 7.41. The molecule has 5 atom stereocenters. The van der Waals surface area contributed by atoms with Crippen LogP contribution in [0.25, 0.3) is 0 Å². The van der Waals surface area contributed by atoms with Crippen LogP contribution >= 0.6 is 0 Å². The van der Waals surface area contributed by atoms with Gasteiger partial charge in [0.25, 0.3) is 0 Å². The summed E-state index contributed by atoms with van der Waals surface area (Å²) in [4.78, 5) is 0. The van der Waals surface area contributed by atoms with Crippen molar-refractivity contribution in [2.75, 3.05) is 6.61 Å². The normalized spacial score (nSPS) is 27.1. The van der Waals surface area contributed by atoms with E-state index in [-0.39, 0.29) is 6.10 Å². The first kappa shape index (κ1) is 21.5. The van der Waals surface area contributed by atoms with Gasteiger partial charge in [-0.3, -0.25) is 0 Å². The van der Waals surface area contributed by atoms with Gasteiger partial charge in [0.15, 0.2) is 0 Å². The van der Waals surface area contributed by atoms with E-state index >= 15 is 0 Å². The van der Waals surface area contributed by atoms with Crippen LogP contribution in [0.3, 0.4) is 0 Å². The maximum absolute atomic E-state index is 10.2. The van der Waals surface area contributed by atoms with Gasteiger partial charge in [0, 0.05) is 6.42 Å². The molecule has 3 rings (SSSR count).